The van der Waals surface area contributed by atoms with Crippen LogP contribution < -0.4 is 10.6 Å². The predicted molar refractivity (Wildman–Crippen MR) is 46.7 cm³/mol. The maximum absolute atomic E-state index is 12.0. The first kappa shape index (κ1) is 13.7. The second kappa shape index (κ2) is 6.24. The van der Waals surface area contributed by atoms with Crippen molar-refractivity contribution in [3.63, 3.8) is 0 Å². The van der Waals surface area contributed by atoms with Crippen LogP contribution in [-0.2, 0) is 4.79 Å². The Bertz CT molecular complexity index is 246. The Morgan fingerprint density at radius 1 is 1.53 bits per heavy atom. The van der Waals surface area contributed by atoms with E-state index in [9.17, 15) is 18.0 Å². The summed E-state index contributed by atoms with van der Waals surface area (Å²) in [5, 5.41) is 13.0. The SMILES string of the molecule is CNC(=O)CCNCC(C#N)C(F)(F)F. The Labute approximate surface area is 85.4 Å². The van der Waals surface area contributed by atoms with Crippen LogP contribution in [0.4, 0.5) is 13.2 Å². The number of rotatable bonds is 5. The summed E-state index contributed by atoms with van der Waals surface area (Å²) in [4.78, 5) is 10.7. The van der Waals surface area contributed by atoms with Crippen molar-refractivity contribution in [3.05, 3.63) is 0 Å². The Hall–Kier alpha value is -1.29. The van der Waals surface area contributed by atoms with E-state index in [-0.39, 0.29) is 18.9 Å². The molecule has 0 aliphatic rings. The minimum absolute atomic E-state index is 0.0898. The molecule has 1 amide bonds. The number of hydrogen-bond donors (Lipinski definition) is 2. The lowest BCUT2D eigenvalue weighted by atomic mass is 10.1. The van der Waals surface area contributed by atoms with E-state index in [1.807, 2.05) is 0 Å². The molecule has 0 heterocycles. The van der Waals surface area contributed by atoms with Gasteiger partial charge in [0.05, 0.1) is 6.07 Å². The van der Waals surface area contributed by atoms with Gasteiger partial charge < -0.3 is 10.6 Å². The molecule has 0 aromatic carbocycles. The van der Waals surface area contributed by atoms with Crippen molar-refractivity contribution < 1.29 is 18.0 Å². The van der Waals surface area contributed by atoms with E-state index in [0.717, 1.165) is 6.07 Å². The summed E-state index contributed by atoms with van der Waals surface area (Å²) in [5.74, 6) is -2.29. The second-order valence-electron chi connectivity index (χ2n) is 2.85. The fraction of sp³-hybridized carbons (Fsp3) is 0.750. The van der Waals surface area contributed by atoms with Crippen molar-refractivity contribution in [1.82, 2.24) is 10.6 Å². The maximum atomic E-state index is 12.0. The monoisotopic (exact) mass is 223 g/mol. The maximum Gasteiger partial charge on any atom is 0.405 e. The zero-order valence-corrected chi connectivity index (χ0v) is 8.19. The van der Waals surface area contributed by atoms with Gasteiger partial charge in [0.2, 0.25) is 5.91 Å². The van der Waals surface area contributed by atoms with Crippen molar-refractivity contribution in [2.75, 3.05) is 20.1 Å². The highest BCUT2D eigenvalue weighted by molar-refractivity contribution is 5.75. The smallest absolute Gasteiger partial charge is 0.359 e. The topological polar surface area (TPSA) is 64.9 Å². The number of hydrogen-bond acceptors (Lipinski definition) is 3. The van der Waals surface area contributed by atoms with Gasteiger partial charge in [0.25, 0.3) is 0 Å². The van der Waals surface area contributed by atoms with Crippen LogP contribution in [-0.4, -0.2) is 32.2 Å². The van der Waals surface area contributed by atoms with Crippen LogP contribution in [0.3, 0.4) is 0 Å². The van der Waals surface area contributed by atoms with E-state index >= 15 is 0 Å². The lowest BCUT2D eigenvalue weighted by Crippen LogP contribution is -2.34. The molecule has 0 spiro atoms. The Balaban J connectivity index is 3.76. The summed E-state index contributed by atoms with van der Waals surface area (Å²) >= 11 is 0. The van der Waals surface area contributed by atoms with Crippen molar-refractivity contribution in [3.8, 4) is 6.07 Å². The van der Waals surface area contributed by atoms with E-state index in [0.29, 0.717) is 0 Å². The van der Waals surface area contributed by atoms with Crippen LogP contribution in [0, 0.1) is 17.2 Å². The number of nitrogens with one attached hydrogen (secondary N) is 2. The highest BCUT2D eigenvalue weighted by Crippen LogP contribution is 2.24. The molecule has 0 rings (SSSR count). The fourth-order valence-corrected chi connectivity index (χ4v) is 0.808. The van der Waals surface area contributed by atoms with Crippen molar-refractivity contribution in [2.45, 2.75) is 12.6 Å². The third-order valence-electron chi connectivity index (χ3n) is 1.71. The molecule has 15 heavy (non-hydrogen) atoms. The zero-order chi connectivity index (χ0) is 11.9. The van der Waals surface area contributed by atoms with Gasteiger partial charge in [-0.3, -0.25) is 4.79 Å². The van der Waals surface area contributed by atoms with Crippen molar-refractivity contribution in [1.29, 1.82) is 5.26 Å². The van der Waals surface area contributed by atoms with Gasteiger partial charge in [0, 0.05) is 26.6 Å². The molecule has 0 saturated carbocycles. The summed E-state index contributed by atoms with van der Waals surface area (Å²) in [6.45, 7) is -0.370. The first-order chi connectivity index (χ1) is 6.91. The molecule has 0 aliphatic heterocycles. The second-order valence-corrected chi connectivity index (χ2v) is 2.85. The summed E-state index contributed by atoms with van der Waals surface area (Å²) < 4.78 is 36.1. The Morgan fingerprint density at radius 2 is 2.13 bits per heavy atom. The first-order valence-corrected chi connectivity index (χ1v) is 4.29. The average Bonchev–Trinajstić information content (AvgIpc) is 2.15. The number of nitrogens with zero attached hydrogens (tertiary/aromatic N) is 1. The zero-order valence-electron chi connectivity index (χ0n) is 8.19. The molecule has 0 fully saturated rings. The lowest BCUT2D eigenvalue weighted by molar-refractivity contribution is -0.157. The number of halogens is 3. The summed E-state index contributed by atoms with van der Waals surface area (Å²) in [5.41, 5.74) is 0. The summed E-state index contributed by atoms with van der Waals surface area (Å²) in [6, 6.07) is 1.16. The van der Waals surface area contributed by atoms with Gasteiger partial charge in [0.15, 0.2) is 5.92 Å². The standard InChI is InChI=1S/C8H12F3N3O/c1-13-7(15)2-3-14-5-6(4-12)8(9,10)11/h6,14H,2-3,5H2,1H3,(H,13,15). The molecule has 1 atom stereocenters. The molecule has 2 N–H and O–H groups in total. The Kier molecular flexibility index (Phi) is 5.70. The van der Waals surface area contributed by atoms with Crippen LogP contribution in [0.2, 0.25) is 0 Å². The van der Waals surface area contributed by atoms with Crippen LogP contribution >= 0.6 is 0 Å². The molecule has 0 aromatic rings. The number of amides is 1. The summed E-state index contributed by atoms with van der Waals surface area (Å²) in [6.07, 6.45) is -4.43. The number of nitriles is 1. The largest absolute Gasteiger partial charge is 0.405 e. The molecule has 0 radical (unpaired) electrons. The minimum Gasteiger partial charge on any atom is -0.359 e. The van der Waals surface area contributed by atoms with Gasteiger partial charge in [-0.1, -0.05) is 0 Å². The Morgan fingerprint density at radius 3 is 2.53 bits per heavy atom. The van der Waals surface area contributed by atoms with Crippen LogP contribution in [0.1, 0.15) is 6.42 Å². The van der Waals surface area contributed by atoms with E-state index in [4.69, 9.17) is 5.26 Å². The van der Waals surface area contributed by atoms with Crippen LogP contribution in [0.5, 0.6) is 0 Å². The molecule has 0 saturated heterocycles. The molecule has 0 aromatic heterocycles. The normalized spacial score (nSPS) is 13.0. The highest BCUT2D eigenvalue weighted by Gasteiger charge is 2.39. The van der Waals surface area contributed by atoms with Gasteiger partial charge >= 0.3 is 6.18 Å². The lowest BCUT2D eigenvalue weighted by Gasteiger charge is -2.13. The average molecular weight is 223 g/mol. The van der Waals surface area contributed by atoms with E-state index in [1.165, 1.54) is 7.05 Å². The molecular formula is C8H12F3N3O. The van der Waals surface area contributed by atoms with Crippen molar-refractivity contribution in [2.24, 2.45) is 5.92 Å². The van der Waals surface area contributed by atoms with E-state index in [2.05, 4.69) is 10.6 Å². The molecule has 0 aliphatic carbocycles. The van der Waals surface area contributed by atoms with Gasteiger partial charge in [-0.25, -0.2) is 0 Å². The highest BCUT2D eigenvalue weighted by atomic mass is 19.4. The molecule has 4 nitrogen and oxygen atoms in total. The summed E-state index contributed by atoms with van der Waals surface area (Å²) in [7, 11) is 1.44. The van der Waals surface area contributed by atoms with Crippen molar-refractivity contribution >= 4 is 5.91 Å². The van der Waals surface area contributed by atoms with Gasteiger partial charge in [-0.2, -0.15) is 18.4 Å². The predicted octanol–water partition coefficient (Wildman–Crippen LogP) is 0.414. The molecule has 7 heteroatoms. The van der Waals surface area contributed by atoms with E-state index < -0.39 is 18.6 Å². The minimum atomic E-state index is -4.52. The molecule has 0 bridgehead atoms. The van der Waals surface area contributed by atoms with E-state index in [1.54, 1.807) is 0 Å². The van der Waals surface area contributed by atoms with Gasteiger partial charge in [-0.05, 0) is 0 Å². The fourth-order valence-electron chi connectivity index (χ4n) is 0.808. The third kappa shape index (κ3) is 5.91. The van der Waals surface area contributed by atoms with Gasteiger partial charge in [-0.15, -0.1) is 0 Å². The van der Waals surface area contributed by atoms with Gasteiger partial charge in [0.1, 0.15) is 0 Å². The first-order valence-electron chi connectivity index (χ1n) is 4.29. The molecule has 86 valence electrons. The van der Waals surface area contributed by atoms with Crippen LogP contribution in [0.25, 0.3) is 0 Å². The van der Waals surface area contributed by atoms with Crippen LogP contribution in [0.15, 0.2) is 0 Å². The quantitative estimate of drug-likeness (QED) is 0.663. The number of carbonyl (C=O) groups is 1. The third-order valence-corrected chi connectivity index (χ3v) is 1.71. The molecular weight excluding hydrogens is 211 g/mol. The number of alkyl halides is 3. The number of carbonyl (C=O) groups excluding carboxylic acids is 1. The molecule has 1 unspecified atom stereocenters.